The summed E-state index contributed by atoms with van der Waals surface area (Å²) in [6.45, 7) is 8.38. The Kier molecular flexibility index (Phi) is 7.64. The van der Waals surface area contributed by atoms with E-state index in [-0.39, 0.29) is 12.0 Å². The van der Waals surface area contributed by atoms with E-state index < -0.39 is 0 Å². The highest BCUT2D eigenvalue weighted by molar-refractivity contribution is 5.94. The van der Waals surface area contributed by atoms with Crippen LogP contribution in [0.2, 0.25) is 0 Å². The summed E-state index contributed by atoms with van der Waals surface area (Å²) >= 11 is 0. The van der Waals surface area contributed by atoms with Crippen LogP contribution in [-0.2, 0) is 11.3 Å². The second-order valence-electron chi connectivity index (χ2n) is 7.78. The van der Waals surface area contributed by atoms with Crippen molar-refractivity contribution in [2.75, 3.05) is 59.5 Å². The van der Waals surface area contributed by atoms with E-state index in [1.54, 1.807) is 0 Å². The first-order valence-electron chi connectivity index (χ1n) is 10.3. The molecule has 1 aromatic carbocycles. The van der Waals surface area contributed by atoms with Gasteiger partial charge in [-0.05, 0) is 50.6 Å². The molecule has 0 aromatic heterocycles. The number of carbonyl (C=O) groups is 1. The van der Waals surface area contributed by atoms with Crippen molar-refractivity contribution in [3.8, 4) is 0 Å². The summed E-state index contributed by atoms with van der Waals surface area (Å²) in [5.41, 5.74) is 7.57. The maximum Gasteiger partial charge on any atom is 0.253 e. The molecule has 2 saturated heterocycles. The molecule has 0 saturated carbocycles. The Morgan fingerprint density at radius 3 is 2.37 bits per heavy atom. The largest absolute Gasteiger partial charge is 0.378 e. The van der Waals surface area contributed by atoms with Gasteiger partial charge in [-0.1, -0.05) is 12.1 Å². The van der Waals surface area contributed by atoms with E-state index in [4.69, 9.17) is 10.5 Å². The van der Waals surface area contributed by atoms with Crippen LogP contribution in [0.5, 0.6) is 0 Å². The van der Waals surface area contributed by atoms with Crippen molar-refractivity contribution in [3.05, 3.63) is 35.4 Å². The monoisotopic (exact) mass is 374 g/mol. The van der Waals surface area contributed by atoms with Gasteiger partial charge in [0.1, 0.15) is 0 Å². The number of nitrogens with zero attached hydrogens (tertiary/aromatic N) is 3. The Morgan fingerprint density at radius 2 is 1.74 bits per heavy atom. The first-order chi connectivity index (χ1) is 13.2. The Balaban J connectivity index is 1.45. The third-order valence-corrected chi connectivity index (χ3v) is 5.63. The molecule has 1 amide bonds. The van der Waals surface area contributed by atoms with E-state index in [0.29, 0.717) is 6.54 Å². The molecule has 2 aliphatic heterocycles. The lowest BCUT2D eigenvalue weighted by atomic mass is 10.1. The van der Waals surface area contributed by atoms with Crippen molar-refractivity contribution in [3.63, 3.8) is 0 Å². The van der Waals surface area contributed by atoms with Gasteiger partial charge in [0.15, 0.2) is 0 Å². The molecule has 150 valence electrons. The van der Waals surface area contributed by atoms with Crippen molar-refractivity contribution in [1.82, 2.24) is 14.7 Å². The van der Waals surface area contributed by atoms with E-state index in [1.165, 1.54) is 5.56 Å². The smallest absolute Gasteiger partial charge is 0.253 e. The summed E-state index contributed by atoms with van der Waals surface area (Å²) in [5.74, 6) is 0.140. The molecule has 0 aliphatic carbocycles. The maximum atomic E-state index is 12.8. The lowest BCUT2D eigenvalue weighted by molar-refractivity contribution is 0.00844. The number of rotatable bonds is 7. The lowest BCUT2D eigenvalue weighted by Crippen LogP contribution is -2.43. The lowest BCUT2D eigenvalue weighted by Gasteiger charge is -2.32. The molecular weight excluding hydrogens is 340 g/mol. The fraction of sp³-hybridized carbons (Fsp3) is 0.667. The van der Waals surface area contributed by atoms with Crippen LogP contribution in [0.1, 0.15) is 35.2 Å². The number of piperazine rings is 1. The minimum Gasteiger partial charge on any atom is -0.378 e. The van der Waals surface area contributed by atoms with Crippen LogP contribution in [0.25, 0.3) is 0 Å². The summed E-state index contributed by atoms with van der Waals surface area (Å²) in [7, 11) is 2.17. The third kappa shape index (κ3) is 6.01. The van der Waals surface area contributed by atoms with Gasteiger partial charge in [0.2, 0.25) is 0 Å². The van der Waals surface area contributed by atoms with Gasteiger partial charge >= 0.3 is 0 Å². The van der Waals surface area contributed by atoms with Gasteiger partial charge in [-0.15, -0.1) is 0 Å². The molecule has 1 aromatic rings. The number of likely N-dealkylation sites (tertiary alicyclic amines) is 1. The molecule has 0 bridgehead atoms. The fourth-order valence-electron chi connectivity index (χ4n) is 3.76. The highest BCUT2D eigenvalue weighted by atomic mass is 16.5. The number of ether oxygens (including phenoxy) is 1. The number of hydrogen-bond acceptors (Lipinski definition) is 5. The van der Waals surface area contributed by atoms with E-state index >= 15 is 0 Å². The van der Waals surface area contributed by atoms with Crippen LogP contribution in [0, 0.1) is 0 Å². The quantitative estimate of drug-likeness (QED) is 0.731. The molecule has 2 aliphatic rings. The molecule has 27 heavy (non-hydrogen) atoms. The highest BCUT2D eigenvalue weighted by Gasteiger charge is 2.24. The topological polar surface area (TPSA) is 62.0 Å². The van der Waals surface area contributed by atoms with E-state index in [2.05, 4.69) is 29.0 Å². The predicted molar refractivity (Wildman–Crippen MR) is 108 cm³/mol. The van der Waals surface area contributed by atoms with Gasteiger partial charge in [-0.2, -0.15) is 0 Å². The number of hydrogen-bond donors (Lipinski definition) is 1. The Hall–Kier alpha value is -1.47. The molecule has 3 rings (SSSR count). The van der Waals surface area contributed by atoms with Crippen LogP contribution in [0.3, 0.4) is 0 Å². The molecule has 0 unspecified atom stereocenters. The first-order valence-corrected chi connectivity index (χ1v) is 10.3. The van der Waals surface area contributed by atoms with E-state index in [9.17, 15) is 4.79 Å². The van der Waals surface area contributed by atoms with E-state index in [1.807, 2.05) is 17.0 Å². The Morgan fingerprint density at radius 1 is 1.07 bits per heavy atom. The number of benzene rings is 1. The number of likely N-dealkylation sites (N-methyl/N-ethyl adjacent to an activating group) is 1. The molecule has 2 N–H and O–H groups in total. The molecule has 6 heteroatoms. The Bertz CT molecular complexity index is 576. The molecule has 2 heterocycles. The van der Waals surface area contributed by atoms with Crippen LogP contribution < -0.4 is 5.73 Å². The predicted octanol–water partition coefficient (Wildman–Crippen LogP) is 1.40. The van der Waals surface area contributed by atoms with E-state index in [0.717, 1.165) is 77.2 Å². The first kappa shape index (κ1) is 20.3. The Labute approximate surface area is 163 Å². The average molecular weight is 375 g/mol. The minimum absolute atomic E-state index is 0.140. The third-order valence-electron chi connectivity index (χ3n) is 5.63. The van der Waals surface area contributed by atoms with Crippen molar-refractivity contribution in [2.24, 2.45) is 5.73 Å². The zero-order valence-corrected chi connectivity index (χ0v) is 16.6. The molecule has 0 radical (unpaired) electrons. The summed E-state index contributed by atoms with van der Waals surface area (Å²) in [6, 6.07) is 8.18. The normalized spacial score (nSPS) is 20.1. The molecule has 6 nitrogen and oxygen atoms in total. The molecular formula is C21H34N4O2. The minimum atomic E-state index is 0.140. The zero-order chi connectivity index (χ0) is 19.1. The van der Waals surface area contributed by atoms with Gasteiger partial charge in [-0.3, -0.25) is 9.69 Å². The van der Waals surface area contributed by atoms with Crippen molar-refractivity contribution < 1.29 is 9.53 Å². The van der Waals surface area contributed by atoms with Gasteiger partial charge < -0.3 is 20.3 Å². The summed E-state index contributed by atoms with van der Waals surface area (Å²) in [4.78, 5) is 19.6. The second-order valence-corrected chi connectivity index (χ2v) is 7.78. The van der Waals surface area contributed by atoms with Gasteiger partial charge in [-0.25, -0.2) is 0 Å². The molecule has 0 atom stereocenters. The van der Waals surface area contributed by atoms with Crippen molar-refractivity contribution >= 4 is 5.91 Å². The molecule has 0 spiro atoms. The number of piperidine rings is 1. The number of nitrogens with two attached hydrogens (primary N) is 1. The van der Waals surface area contributed by atoms with Gasteiger partial charge in [0.05, 0.1) is 6.10 Å². The second kappa shape index (κ2) is 10.2. The van der Waals surface area contributed by atoms with Gasteiger partial charge in [0.25, 0.3) is 5.91 Å². The van der Waals surface area contributed by atoms with Crippen LogP contribution in [0.4, 0.5) is 0 Å². The summed E-state index contributed by atoms with van der Waals surface area (Å²) in [6.07, 6.45) is 3.00. The SMILES string of the molecule is CN1CCN(Cc2ccc(C(=O)N3CCC(OCCCN)CC3)cc2)CC1. The fourth-order valence-corrected chi connectivity index (χ4v) is 3.76. The molecule has 2 fully saturated rings. The average Bonchev–Trinajstić information content (AvgIpc) is 2.70. The van der Waals surface area contributed by atoms with Crippen molar-refractivity contribution in [2.45, 2.75) is 31.9 Å². The van der Waals surface area contributed by atoms with Crippen LogP contribution in [0.15, 0.2) is 24.3 Å². The highest BCUT2D eigenvalue weighted by Crippen LogP contribution is 2.17. The van der Waals surface area contributed by atoms with Gasteiger partial charge in [0, 0.05) is 58.0 Å². The zero-order valence-electron chi connectivity index (χ0n) is 16.6. The van der Waals surface area contributed by atoms with Crippen LogP contribution in [-0.4, -0.2) is 86.2 Å². The summed E-state index contributed by atoms with van der Waals surface area (Å²) < 4.78 is 5.83. The number of carbonyl (C=O) groups excluding carboxylic acids is 1. The summed E-state index contributed by atoms with van der Waals surface area (Å²) in [5, 5.41) is 0. The van der Waals surface area contributed by atoms with Crippen molar-refractivity contribution in [1.29, 1.82) is 0 Å². The number of amides is 1. The standard InChI is InChI=1S/C21H34N4O2/c1-23-12-14-24(15-13-23)17-18-3-5-19(6-4-18)21(26)25-10-7-20(8-11-25)27-16-2-9-22/h3-6,20H,2,7-17,22H2,1H3. The maximum absolute atomic E-state index is 12.8. The van der Waals surface area contributed by atoms with Crippen LogP contribution >= 0.6 is 0 Å².